The van der Waals surface area contributed by atoms with Crippen molar-refractivity contribution in [3.63, 3.8) is 0 Å². The van der Waals surface area contributed by atoms with Gasteiger partial charge in [-0.2, -0.15) is 0 Å². The Morgan fingerprint density at radius 2 is 2.07 bits per heavy atom. The summed E-state index contributed by atoms with van der Waals surface area (Å²) in [5.41, 5.74) is -0.337. The molecule has 78 valence electrons. The fourth-order valence-electron chi connectivity index (χ4n) is 2.11. The summed E-state index contributed by atoms with van der Waals surface area (Å²) in [6.45, 7) is 5.27. The summed E-state index contributed by atoms with van der Waals surface area (Å²) in [5.74, 6) is -0.594. The molecule has 0 radical (unpaired) electrons. The summed E-state index contributed by atoms with van der Waals surface area (Å²) in [7, 11) is 1.31. The highest BCUT2D eigenvalue weighted by Gasteiger charge is 2.47. The number of carbonyl (C=O) groups excluding carboxylic acids is 2. The summed E-state index contributed by atoms with van der Waals surface area (Å²) in [5, 5.41) is 0. The fourth-order valence-corrected chi connectivity index (χ4v) is 2.11. The van der Waals surface area contributed by atoms with Gasteiger partial charge in [-0.25, -0.2) is 0 Å². The zero-order valence-corrected chi connectivity index (χ0v) is 8.76. The molecule has 0 aliphatic heterocycles. The standard InChI is InChI=1S/C11H16O3/c1-8-6-4-5-7-11(8,9(2)12)10(13)14-3/h1,4-7H2,2-3H3/t11-/m0/s1. The van der Waals surface area contributed by atoms with Crippen molar-refractivity contribution in [3.05, 3.63) is 12.2 Å². The van der Waals surface area contributed by atoms with E-state index in [1.165, 1.54) is 14.0 Å². The SMILES string of the molecule is C=C1CCCC[C@]1(C(C)=O)C(=O)OC. The Bertz CT molecular complexity index is 270. The summed E-state index contributed by atoms with van der Waals surface area (Å²) in [4.78, 5) is 23.2. The zero-order chi connectivity index (χ0) is 10.8. The van der Waals surface area contributed by atoms with E-state index in [1.54, 1.807) is 0 Å². The van der Waals surface area contributed by atoms with Crippen molar-refractivity contribution in [2.24, 2.45) is 5.41 Å². The molecule has 0 aromatic rings. The maximum absolute atomic E-state index is 11.6. The Balaban J connectivity index is 3.07. The van der Waals surface area contributed by atoms with Gasteiger partial charge >= 0.3 is 5.97 Å². The molecule has 1 saturated carbocycles. The number of carbonyl (C=O) groups is 2. The number of hydrogen-bond acceptors (Lipinski definition) is 3. The van der Waals surface area contributed by atoms with Gasteiger partial charge in [0.2, 0.25) is 0 Å². The highest BCUT2D eigenvalue weighted by molar-refractivity contribution is 6.06. The van der Waals surface area contributed by atoms with Crippen LogP contribution in [0.2, 0.25) is 0 Å². The molecule has 1 aliphatic carbocycles. The third-order valence-corrected chi connectivity index (χ3v) is 3.02. The van der Waals surface area contributed by atoms with Crippen LogP contribution in [-0.4, -0.2) is 18.9 Å². The first kappa shape index (κ1) is 11.0. The monoisotopic (exact) mass is 196 g/mol. The minimum absolute atomic E-state index is 0.144. The zero-order valence-electron chi connectivity index (χ0n) is 8.76. The van der Waals surface area contributed by atoms with Gasteiger partial charge in [0.1, 0.15) is 5.41 Å². The molecule has 1 aliphatic rings. The lowest BCUT2D eigenvalue weighted by atomic mass is 9.68. The van der Waals surface area contributed by atoms with Gasteiger partial charge in [-0.15, -0.1) is 0 Å². The van der Waals surface area contributed by atoms with Crippen molar-refractivity contribution in [2.45, 2.75) is 32.6 Å². The van der Waals surface area contributed by atoms with Gasteiger partial charge in [-0.3, -0.25) is 9.59 Å². The number of ketones is 1. The molecular weight excluding hydrogens is 180 g/mol. The van der Waals surface area contributed by atoms with Gasteiger partial charge in [0, 0.05) is 0 Å². The second kappa shape index (κ2) is 3.95. The largest absolute Gasteiger partial charge is 0.468 e. The first-order valence-corrected chi connectivity index (χ1v) is 4.83. The van der Waals surface area contributed by atoms with Gasteiger partial charge in [0.15, 0.2) is 5.78 Å². The lowest BCUT2D eigenvalue weighted by Gasteiger charge is -2.34. The van der Waals surface area contributed by atoms with Crippen molar-refractivity contribution in [3.8, 4) is 0 Å². The molecule has 1 rings (SSSR count). The lowest BCUT2D eigenvalue weighted by molar-refractivity contribution is -0.156. The fraction of sp³-hybridized carbons (Fsp3) is 0.636. The van der Waals surface area contributed by atoms with E-state index >= 15 is 0 Å². The van der Waals surface area contributed by atoms with Crippen LogP contribution in [0, 0.1) is 5.41 Å². The van der Waals surface area contributed by atoms with Crippen LogP contribution >= 0.6 is 0 Å². The maximum atomic E-state index is 11.6. The molecule has 0 spiro atoms. The van der Waals surface area contributed by atoms with Gasteiger partial charge < -0.3 is 4.74 Å². The predicted octanol–water partition coefficient (Wildman–Crippen LogP) is 1.86. The quantitative estimate of drug-likeness (QED) is 0.384. The van der Waals surface area contributed by atoms with E-state index in [-0.39, 0.29) is 5.78 Å². The van der Waals surface area contributed by atoms with Crippen LogP contribution in [0.3, 0.4) is 0 Å². The highest BCUT2D eigenvalue weighted by Crippen LogP contribution is 2.41. The number of Topliss-reactive ketones (excluding diaryl/α,β-unsaturated/α-hetero) is 1. The van der Waals surface area contributed by atoms with Crippen molar-refractivity contribution in [2.75, 3.05) is 7.11 Å². The van der Waals surface area contributed by atoms with E-state index < -0.39 is 11.4 Å². The molecule has 0 amide bonds. The maximum Gasteiger partial charge on any atom is 0.323 e. The molecule has 0 N–H and O–H groups in total. The Labute approximate surface area is 84.1 Å². The van der Waals surface area contributed by atoms with Gasteiger partial charge in [0.25, 0.3) is 0 Å². The van der Waals surface area contributed by atoms with E-state index in [9.17, 15) is 9.59 Å². The lowest BCUT2D eigenvalue weighted by Crippen LogP contribution is -2.42. The Hall–Kier alpha value is -1.12. The molecule has 14 heavy (non-hydrogen) atoms. The van der Waals surface area contributed by atoms with Crippen molar-refractivity contribution in [1.29, 1.82) is 0 Å². The number of esters is 1. The van der Waals surface area contributed by atoms with Crippen LogP contribution in [-0.2, 0) is 14.3 Å². The third kappa shape index (κ3) is 1.47. The second-order valence-electron chi connectivity index (χ2n) is 3.76. The molecule has 0 saturated heterocycles. The average molecular weight is 196 g/mol. The molecular formula is C11H16O3. The number of ether oxygens (including phenoxy) is 1. The third-order valence-electron chi connectivity index (χ3n) is 3.02. The predicted molar refractivity (Wildman–Crippen MR) is 52.7 cm³/mol. The minimum atomic E-state index is -1.05. The average Bonchev–Trinajstić information content (AvgIpc) is 2.17. The second-order valence-corrected chi connectivity index (χ2v) is 3.76. The van der Waals surface area contributed by atoms with Crippen LogP contribution in [0.15, 0.2) is 12.2 Å². The van der Waals surface area contributed by atoms with Gasteiger partial charge in [0.05, 0.1) is 7.11 Å². The van der Waals surface area contributed by atoms with E-state index in [0.29, 0.717) is 12.0 Å². The summed E-state index contributed by atoms with van der Waals surface area (Å²) >= 11 is 0. The van der Waals surface area contributed by atoms with E-state index in [2.05, 4.69) is 6.58 Å². The van der Waals surface area contributed by atoms with Crippen LogP contribution in [0.4, 0.5) is 0 Å². The molecule has 1 atom stereocenters. The van der Waals surface area contributed by atoms with E-state index in [1.807, 2.05) is 0 Å². The van der Waals surface area contributed by atoms with Crippen LogP contribution in [0.1, 0.15) is 32.6 Å². The van der Waals surface area contributed by atoms with Crippen LogP contribution < -0.4 is 0 Å². The summed E-state index contributed by atoms with van der Waals surface area (Å²) < 4.78 is 4.70. The topological polar surface area (TPSA) is 43.4 Å². The molecule has 3 heteroatoms. The van der Waals surface area contributed by atoms with Crippen LogP contribution in [0.5, 0.6) is 0 Å². The molecule has 3 nitrogen and oxygen atoms in total. The summed E-state index contributed by atoms with van der Waals surface area (Å²) in [6.07, 6.45) is 3.18. The Kier molecular flexibility index (Phi) is 3.09. The van der Waals surface area contributed by atoms with Crippen LogP contribution in [0.25, 0.3) is 0 Å². The normalized spacial score (nSPS) is 27.1. The van der Waals surface area contributed by atoms with Gasteiger partial charge in [-0.05, 0) is 26.2 Å². The highest BCUT2D eigenvalue weighted by atomic mass is 16.5. The minimum Gasteiger partial charge on any atom is -0.468 e. The number of hydrogen-bond donors (Lipinski definition) is 0. The van der Waals surface area contributed by atoms with Crippen molar-refractivity contribution in [1.82, 2.24) is 0 Å². The first-order chi connectivity index (χ1) is 6.55. The molecule has 0 unspecified atom stereocenters. The molecule has 1 fully saturated rings. The number of methoxy groups -OCH3 is 1. The molecule has 0 aromatic heterocycles. The van der Waals surface area contributed by atoms with E-state index in [0.717, 1.165) is 19.3 Å². The number of rotatable bonds is 2. The van der Waals surface area contributed by atoms with E-state index in [4.69, 9.17) is 4.74 Å². The van der Waals surface area contributed by atoms with Crippen molar-refractivity contribution >= 4 is 11.8 Å². The van der Waals surface area contributed by atoms with Gasteiger partial charge in [-0.1, -0.05) is 18.6 Å². The molecule has 0 aromatic carbocycles. The smallest absolute Gasteiger partial charge is 0.323 e. The Morgan fingerprint density at radius 1 is 1.43 bits per heavy atom. The summed E-state index contributed by atoms with van der Waals surface area (Å²) in [6, 6.07) is 0. The Morgan fingerprint density at radius 3 is 2.50 bits per heavy atom. The molecule has 0 heterocycles. The molecule has 0 bridgehead atoms. The van der Waals surface area contributed by atoms with Crippen molar-refractivity contribution < 1.29 is 14.3 Å². The first-order valence-electron chi connectivity index (χ1n) is 4.83.